The number of hydrogen-bond acceptors (Lipinski definition) is 4. The molecule has 0 saturated carbocycles. The van der Waals surface area contributed by atoms with Gasteiger partial charge in [-0.15, -0.1) is 0 Å². The second-order valence-electron chi connectivity index (χ2n) is 5.62. The molecule has 102 valence electrons. The van der Waals surface area contributed by atoms with E-state index in [1.54, 1.807) is 40.7 Å². The van der Waals surface area contributed by atoms with Crippen molar-refractivity contribution in [3.05, 3.63) is 17.6 Å². The van der Waals surface area contributed by atoms with Crippen molar-refractivity contribution in [2.75, 3.05) is 0 Å². The molecule has 1 rings (SSSR count). The maximum absolute atomic E-state index is 10.1. The summed E-state index contributed by atoms with van der Waals surface area (Å²) in [5.74, 6) is 1.46. The van der Waals surface area contributed by atoms with Gasteiger partial charge in [0.2, 0.25) is 0 Å². The molecule has 0 amide bonds. The molecule has 1 aromatic rings. The van der Waals surface area contributed by atoms with Crippen LogP contribution in [0.25, 0.3) is 0 Å². The predicted octanol–water partition coefficient (Wildman–Crippen LogP) is 1.40. The van der Waals surface area contributed by atoms with Gasteiger partial charge in [0.1, 0.15) is 11.5 Å². The Bertz CT molecular complexity index is 404. The summed E-state index contributed by atoms with van der Waals surface area (Å²) in [5.41, 5.74) is -1.31. The molecule has 0 aliphatic heterocycles. The maximum atomic E-state index is 10.1. The molecular formula is C13H23BO4. The average molecular weight is 254 g/mol. The highest BCUT2D eigenvalue weighted by atomic mass is 16.5. The van der Waals surface area contributed by atoms with E-state index in [4.69, 9.17) is 9.07 Å². The second kappa shape index (κ2) is 5.07. The summed E-state index contributed by atoms with van der Waals surface area (Å²) in [5, 5.41) is 20.1. The Labute approximate surface area is 109 Å². The van der Waals surface area contributed by atoms with Crippen molar-refractivity contribution in [2.45, 2.75) is 59.2 Å². The highest BCUT2D eigenvalue weighted by Crippen LogP contribution is 2.25. The third-order valence-electron chi connectivity index (χ3n) is 3.50. The first kappa shape index (κ1) is 15.3. The van der Waals surface area contributed by atoms with Gasteiger partial charge in [0.25, 0.3) is 0 Å². The SMILES string of the molecule is CCc1cc(B(O)OC(C)(C)C(C)(C)O)c(C)o1. The third-order valence-corrected chi connectivity index (χ3v) is 3.50. The average Bonchev–Trinajstić information content (AvgIpc) is 2.57. The maximum Gasteiger partial charge on any atom is 0.495 e. The lowest BCUT2D eigenvalue weighted by atomic mass is 9.76. The fourth-order valence-electron chi connectivity index (χ4n) is 1.47. The molecule has 0 saturated heterocycles. The van der Waals surface area contributed by atoms with Gasteiger partial charge < -0.3 is 19.2 Å². The van der Waals surface area contributed by atoms with Crippen LogP contribution in [0.4, 0.5) is 0 Å². The van der Waals surface area contributed by atoms with Gasteiger partial charge in [-0.3, -0.25) is 0 Å². The first-order chi connectivity index (χ1) is 8.08. The number of furan rings is 1. The van der Waals surface area contributed by atoms with Gasteiger partial charge in [0.05, 0.1) is 11.2 Å². The standard InChI is InChI=1S/C13H23BO4/c1-7-10-8-11(9(2)17-10)14(16)18-13(5,6)12(3,4)15/h8,15-16H,7H2,1-6H3. The highest BCUT2D eigenvalue weighted by Gasteiger charge is 2.40. The van der Waals surface area contributed by atoms with Crippen LogP contribution in [0.3, 0.4) is 0 Å². The highest BCUT2D eigenvalue weighted by molar-refractivity contribution is 6.60. The van der Waals surface area contributed by atoms with Crippen molar-refractivity contribution in [1.82, 2.24) is 0 Å². The van der Waals surface area contributed by atoms with Gasteiger partial charge in [-0.25, -0.2) is 0 Å². The van der Waals surface area contributed by atoms with E-state index in [1.807, 2.05) is 6.92 Å². The van der Waals surface area contributed by atoms with Gasteiger partial charge in [0.15, 0.2) is 0 Å². The summed E-state index contributed by atoms with van der Waals surface area (Å²) >= 11 is 0. The molecule has 1 heterocycles. The number of aryl methyl sites for hydroxylation is 2. The summed E-state index contributed by atoms with van der Waals surface area (Å²) in [6.07, 6.45) is 0.766. The summed E-state index contributed by atoms with van der Waals surface area (Å²) in [6, 6.07) is 1.79. The molecule has 18 heavy (non-hydrogen) atoms. The molecule has 4 nitrogen and oxygen atoms in total. The molecular weight excluding hydrogens is 231 g/mol. The van der Waals surface area contributed by atoms with E-state index >= 15 is 0 Å². The molecule has 0 bridgehead atoms. The number of aliphatic hydroxyl groups is 1. The third kappa shape index (κ3) is 3.16. The number of hydrogen-bond donors (Lipinski definition) is 2. The lowest BCUT2D eigenvalue weighted by molar-refractivity contribution is -0.0982. The molecule has 1 aromatic heterocycles. The van der Waals surface area contributed by atoms with Crippen LogP contribution in [-0.4, -0.2) is 28.5 Å². The van der Waals surface area contributed by atoms with Gasteiger partial charge in [-0.05, 0) is 40.7 Å². The van der Waals surface area contributed by atoms with Crippen molar-refractivity contribution < 1.29 is 19.2 Å². The van der Waals surface area contributed by atoms with Crippen molar-refractivity contribution in [1.29, 1.82) is 0 Å². The van der Waals surface area contributed by atoms with Crippen molar-refractivity contribution in [2.24, 2.45) is 0 Å². The molecule has 0 radical (unpaired) electrons. The Morgan fingerprint density at radius 2 is 1.89 bits per heavy atom. The van der Waals surface area contributed by atoms with Crippen LogP contribution in [0.15, 0.2) is 10.5 Å². The summed E-state index contributed by atoms with van der Waals surface area (Å²) in [6.45, 7) is 10.6. The molecule has 0 unspecified atom stereocenters. The lowest BCUT2D eigenvalue weighted by Crippen LogP contribution is -2.53. The van der Waals surface area contributed by atoms with E-state index < -0.39 is 18.3 Å². The minimum absolute atomic E-state index is 0.615. The summed E-state index contributed by atoms with van der Waals surface area (Å²) in [7, 11) is -1.10. The van der Waals surface area contributed by atoms with Crippen LogP contribution < -0.4 is 5.46 Å². The molecule has 0 spiro atoms. The Morgan fingerprint density at radius 3 is 2.28 bits per heavy atom. The first-order valence-corrected chi connectivity index (χ1v) is 6.26. The van der Waals surface area contributed by atoms with E-state index in [1.165, 1.54) is 0 Å². The van der Waals surface area contributed by atoms with Gasteiger partial charge in [-0.1, -0.05) is 6.92 Å². The van der Waals surface area contributed by atoms with Crippen LogP contribution in [0.2, 0.25) is 0 Å². The Morgan fingerprint density at radius 1 is 1.33 bits per heavy atom. The molecule has 0 aromatic carbocycles. The first-order valence-electron chi connectivity index (χ1n) is 6.26. The Balaban J connectivity index is 2.88. The second-order valence-corrected chi connectivity index (χ2v) is 5.62. The van der Waals surface area contributed by atoms with E-state index in [-0.39, 0.29) is 0 Å². The quantitative estimate of drug-likeness (QED) is 0.780. The van der Waals surface area contributed by atoms with Crippen LogP contribution in [-0.2, 0) is 11.1 Å². The van der Waals surface area contributed by atoms with Crippen molar-refractivity contribution in [3.63, 3.8) is 0 Å². The molecule has 0 aliphatic carbocycles. The van der Waals surface area contributed by atoms with Gasteiger partial charge >= 0.3 is 7.12 Å². The van der Waals surface area contributed by atoms with E-state index in [9.17, 15) is 10.1 Å². The smallest absolute Gasteiger partial charge is 0.467 e. The molecule has 5 heteroatoms. The summed E-state index contributed by atoms with van der Waals surface area (Å²) < 4.78 is 11.1. The minimum atomic E-state index is -1.10. The zero-order valence-electron chi connectivity index (χ0n) is 12.1. The van der Waals surface area contributed by atoms with E-state index in [0.29, 0.717) is 11.2 Å². The fraction of sp³-hybridized carbons (Fsp3) is 0.692. The molecule has 0 fully saturated rings. The molecule has 2 N–H and O–H groups in total. The van der Waals surface area contributed by atoms with Gasteiger partial charge in [-0.2, -0.15) is 0 Å². The van der Waals surface area contributed by atoms with Crippen LogP contribution in [0, 0.1) is 6.92 Å². The normalized spacial score (nSPS) is 12.9. The Kier molecular flexibility index (Phi) is 4.31. The van der Waals surface area contributed by atoms with Crippen molar-refractivity contribution in [3.8, 4) is 0 Å². The van der Waals surface area contributed by atoms with E-state index in [0.717, 1.165) is 12.2 Å². The van der Waals surface area contributed by atoms with Crippen LogP contribution >= 0.6 is 0 Å². The topological polar surface area (TPSA) is 62.8 Å². The zero-order valence-corrected chi connectivity index (χ0v) is 12.1. The van der Waals surface area contributed by atoms with E-state index in [2.05, 4.69) is 0 Å². The lowest BCUT2D eigenvalue weighted by Gasteiger charge is -2.38. The van der Waals surface area contributed by atoms with Crippen LogP contribution in [0.5, 0.6) is 0 Å². The monoisotopic (exact) mass is 254 g/mol. The van der Waals surface area contributed by atoms with Gasteiger partial charge in [0, 0.05) is 11.9 Å². The summed E-state index contributed by atoms with van der Waals surface area (Å²) in [4.78, 5) is 0. The Hall–Kier alpha value is -0.775. The fourth-order valence-corrected chi connectivity index (χ4v) is 1.47. The largest absolute Gasteiger partial charge is 0.495 e. The molecule has 0 aliphatic rings. The minimum Gasteiger partial charge on any atom is -0.467 e. The molecule has 0 atom stereocenters. The van der Waals surface area contributed by atoms with Crippen LogP contribution in [0.1, 0.15) is 46.1 Å². The predicted molar refractivity (Wildman–Crippen MR) is 71.9 cm³/mol. The zero-order chi connectivity index (χ0) is 14.1. The van der Waals surface area contributed by atoms with Crippen molar-refractivity contribution >= 4 is 12.6 Å². The number of rotatable bonds is 5.